The van der Waals surface area contributed by atoms with E-state index in [0.29, 0.717) is 5.92 Å². The molecule has 1 aromatic heterocycles. The van der Waals surface area contributed by atoms with E-state index in [-0.39, 0.29) is 6.04 Å². The van der Waals surface area contributed by atoms with Crippen LogP contribution in [0.2, 0.25) is 5.02 Å². The van der Waals surface area contributed by atoms with Crippen molar-refractivity contribution < 1.29 is 0 Å². The SMILES string of the molecule is NC1CCCC1c1nc2ccc(Cl)cc2s1. The van der Waals surface area contributed by atoms with Gasteiger partial charge in [0.15, 0.2) is 0 Å². The smallest absolute Gasteiger partial charge is 0.0984 e. The van der Waals surface area contributed by atoms with Crippen molar-refractivity contribution in [3.8, 4) is 0 Å². The summed E-state index contributed by atoms with van der Waals surface area (Å²) in [7, 11) is 0. The molecule has 4 heteroatoms. The number of rotatable bonds is 1. The van der Waals surface area contributed by atoms with Crippen molar-refractivity contribution >= 4 is 33.2 Å². The maximum absolute atomic E-state index is 6.10. The van der Waals surface area contributed by atoms with Crippen LogP contribution in [0.25, 0.3) is 10.2 Å². The van der Waals surface area contributed by atoms with Gasteiger partial charge in [-0.25, -0.2) is 4.98 Å². The highest BCUT2D eigenvalue weighted by Crippen LogP contribution is 2.37. The lowest BCUT2D eigenvalue weighted by molar-refractivity contribution is 0.611. The fraction of sp³-hybridized carbons (Fsp3) is 0.417. The van der Waals surface area contributed by atoms with Gasteiger partial charge < -0.3 is 5.73 Å². The molecule has 0 aliphatic heterocycles. The molecular weight excluding hydrogens is 240 g/mol. The number of nitrogens with zero attached hydrogens (tertiary/aromatic N) is 1. The quantitative estimate of drug-likeness (QED) is 0.843. The van der Waals surface area contributed by atoms with Gasteiger partial charge in [-0.2, -0.15) is 0 Å². The van der Waals surface area contributed by atoms with Crippen LogP contribution in [0.5, 0.6) is 0 Å². The van der Waals surface area contributed by atoms with Crippen molar-refractivity contribution in [1.29, 1.82) is 0 Å². The van der Waals surface area contributed by atoms with Crippen LogP contribution in [0.1, 0.15) is 30.2 Å². The molecule has 2 aromatic rings. The Morgan fingerprint density at radius 3 is 3.00 bits per heavy atom. The summed E-state index contributed by atoms with van der Waals surface area (Å²) < 4.78 is 1.17. The Morgan fingerprint density at radius 2 is 2.25 bits per heavy atom. The molecule has 84 valence electrons. The first kappa shape index (κ1) is 10.5. The second-order valence-electron chi connectivity index (χ2n) is 4.37. The maximum atomic E-state index is 6.10. The van der Waals surface area contributed by atoms with Crippen LogP contribution in [0, 0.1) is 0 Å². The summed E-state index contributed by atoms with van der Waals surface area (Å²) in [4.78, 5) is 4.67. The lowest BCUT2D eigenvalue weighted by Crippen LogP contribution is -2.22. The van der Waals surface area contributed by atoms with Crippen LogP contribution < -0.4 is 5.73 Å². The first-order valence-corrected chi connectivity index (χ1v) is 6.75. The van der Waals surface area contributed by atoms with E-state index >= 15 is 0 Å². The average molecular weight is 253 g/mol. The highest BCUT2D eigenvalue weighted by molar-refractivity contribution is 7.18. The summed E-state index contributed by atoms with van der Waals surface area (Å²) in [5, 5.41) is 1.96. The van der Waals surface area contributed by atoms with Gasteiger partial charge in [-0.1, -0.05) is 18.0 Å². The Hall–Kier alpha value is -0.640. The van der Waals surface area contributed by atoms with Gasteiger partial charge in [0.2, 0.25) is 0 Å². The molecule has 1 fully saturated rings. The van der Waals surface area contributed by atoms with Gasteiger partial charge in [0, 0.05) is 17.0 Å². The molecular formula is C12H13ClN2S. The largest absolute Gasteiger partial charge is 0.327 e. The molecule has 3 rings (SSSR count). The number of benzene rings is 1. The minimum Gasteiger partial charge on any atom is -0.327 e. The second kappa shape index (κ2) is 3.99. The van der Waals surface area contributed by atoms with Crippen LogP contribution in [0.3, 0.4) is 0 Å². The third-order valence-corrected chi connectivity index (χ3v) is 4.64. The highest BCUT2D eigenvalue weighted by atomic mass is 35.5. The van der Waals surface area contributed by atoms with Crippen LogP contribution in [-0.2, 0) is 0 Å². The molecule has 0 spiro atoms. The van der Waals surface area contributed by atoms with Gasteiger partial charge >= 0.3 is 0 Å². The van der Waals surface area contributed by atoms with E-state index in [1.54, 1.807) is 11.3 Å². The lowest BCUT2D eigenvalue weighted by Gasteiger charge is -2.10. The fourth-order valence-corrected chi connectivity index (χ4v) is 3.82. The highest BCUT2D eigenvalue weighted by Gasteiger charge is 2.28. The Balaban J connectivity index is 2.04. The van der Waals surface area contributed by atoms with Gasteiger partial charge in [0.1, 0.15) is 0 Å². The first-order chi connectivity index (χ1) is 7.74. The summed E-state index contributed by atoms with van der Waals surface area (Å²) in [5.74, 6) is 0.455. The molecule has 2 atom stereocenters. The predicted molar refractivity (Wildman–Crippen MR) is 69.2 cm³/mol. The number of nitrogens with two attached hydrogens (primary N) is 1. The zero-order valence-corrected chi connectivity index (χ0v) is 10.4. The average Bonchev–Trinajstić information content (AvgIpc) is 2.82. The molecule has 2 unspecified atom stereocenters. The summed E-state index contributed by atoms with van der Waals surface area (Å²) in [6.07, 6.45) is 3.53. The maximum Gasteiger partial charge on any atom is 0.0984 e. The van der Waals surface area contributed by atoms with Gasteiger partial charge in [-0.3, -0.25) is 0 Å². The zero-order valence-electron chi connectivity index (χ0n) is 8.82. The number of fused-ring (bicyclic) bond motifs is 1. The summed E-state index contributed by atoms with van der Waals surface area (Å²) in [6, 6.07) is 6.15. The molecule has 0 radical (unpaired) electrons. The molecule has 0 saturated heterocycles. The normalized spacial score (nSPS) is 25.4. The van der Waals surface area contributed by atoms with Gasteiger partial charge in [-0.15, -0.1) is 11.3 Å². The standard InChI is InChI=1S/C12H13ClN2S/c13-7-4-5-10-11(6-7)16-12(15-10)8-2-1-3-9(8)14/h4-6,8-9H,1-3,14H2. The van der Waals surface area contributed by atoms with E-state index in [0.717, 1.165) is 17.0 Å². The number of thiazole rings is 1. The fourth-order valence-electron chi connectivity index (χ4n) is 2.37. The molecule has 1 aliphatic carbocycles. The second-order valence-corrected chi connectivity index (χ2v) is 5.86. The van der Waals surface area contributed by atoms with Crippen LogP contribution in [0.4, 0.5) is 0 Å². The van der Waals surface area contributed by atoms with E-state index in [1.807, 2.05) is 18.2 Å². The molecule has 2 nitrogen and oxygen atoms in total. The third kappa shape index (κ3) is 1.73. The van der Waals surface area contributed by atoms with Crippen molar-refractivity contribution in [2.24, 2.45) is 5.73 Å². The van der Waals surface area contributed by atoms with E-state index in [1.165, 1.54) is 22.5 Å². The van der Waals surface area contributed by atoms with Gasteiger partial charge in [-0.05, 0) is 31.0 Å². The van der Waals surface area contributed by atoms with E-state index in [9.17, 15) is 0 Å². The zero-order chi connectivity index (χ0) is 11.1. The predicted octanol–water partition coefficient (Wildman–Crippen LogP) is 3.54. The molecule has 16 heavy (non-hydrogen) atoms. The van der Waals surface area contributed by atoms with Gasteiger partial charge in [0.05, 0.1) is 15.2 Å². The number of halogens is 1. The topological polar surface area (TPSA) is 38.9 Å². The summed E-state index contributed by atoms with van der Waals surface area (Å²) >= 11 is 7.71. The van der Waals surface area contributed by atoms with Crippen LogP contribution in [0.15, 0.2) is 18.2 Å². The summed E-state index contributed by atoms with van der Waals surface area (Å²) in [5.41, 5.74) is 7.15. The number of aromatic nitrogens is 1. The van der Waals surface area contributed by atoms with Crippen molar-refractivity contribution in [2.45, 2.75) is 31.2 Å². The van der Waals surface area contributed by atoms with Crippen molar-refractivity contribution in [3.63, 3.8) is 0 Å². The van der Waals surface area contributed by atoms with Crippen molar-refractivity contribution in [2.75, 3.05) is 0 Å². The van der Waals surface area contributed by atoms with E-state index in [4.69, 9.17) is 17.3 Å². The van der Waals surface area contributed by atoms with E-state index < -0.39 is 0 Å². The van der Waals surface area contributed by atoms with Gasteiger partial charge in [0.25, 0.3) is 0 Å². The van der Waals surface area contributed by atoms with Crippen molar-refractivity contribution in [3.05, 3.63) is 28.2 Å². The number of hydrogen-bond donors (Lipinski definition) is 1. The van der Waals surface area contributed by atoms with E-state index in [2.05, 4.69) is 4.98 Å². The number of hydrogen-bond acceptors (Lipinski definition) is 3. The lowest BCUT2D eigenvalue weighted by atomic mass is 10.1. The van der Waals surface area contributed by atoms with Crippen molar-refractivity contribution in [1.82, 2.24) is 4.98 Å². The minimum absolute atomic E-state index is 0.288. The Kier molecular flexibility index (Phi) is 2.62. The molecule has 1 aromatic carbocycles. The monoisotopic (exact) mass is 252 g/mol. The molecule has 1 saturated carbocycles. The Labute approximate surface area is 103 Å². The molecule has 1 heterocycles. The Morgan fingerprint density at radius 1 is 1.38 bits per heavy atom. The third-order valence-electron chi connectivity index (χ3n) is 3.25. The molecule has 1 aliphatic rings. The summed E-state index contributed by atoms with van der Waals surface area (Å²) in [6.45, 7) is 0. The minimum atomic E-state index is 0.288. The van der Waals surface area contributed by atoms with Crippen LogP contribution in [-0.4, -0.2) is 11.0 Å². The molecule has 2 N–H and O–H groups in total. The molecule has 0 amide bonds. The van der Waals surface area contributed by atoms with Crippen LogP contribution >= 0.6 is 22.9 Å². The first-order valence-electron chi connectivity index (χ1n) is 5.55. The Bertz CT molecular complexity index is 523. The molecule has 0 bridgehead atoms.